The van der Waals surface area contributed by atoms with Crippen LogP contribution in [0, 0.1) is 0 Å². The number of alkyl halides is 3. The summed E-state index contributed by atoms with van der Waals surface area (Å²) < 4.78 is 41.8. The van der Waals surface area contributed by atoms with Crippen LogP contribution in [-0.2, 0) is 6.18 Å². The van der Waals surface area contributed by atoms with Crippen LogP contribution in [0.1, 0.15) is 12.8 Å². The van der Waals surface area contributed by atoms with Crippen molar-refractivity contribution in [3.05, 3.63) is 48.5 Å². The van der Waals surface area contributed by atoms with E-state index in [1.165, 1.54) is 0 Å². The molecule has 3 rings (SSSR count). The Labute approximate surface area is 151 Å². The SMILES string of the molecule is CCNC(=O)Nc1ccc(-c2ccc(-c3noc(C(F)(F)F)n3)cc2)cn1. The maximum atomic E-state index is 12.5. The Morgan fingerprint density at radius 2 is 1.74 bits per heavy atom. The van der Waals surface area contributed by atoms with Crippen LogP contribution in [0.5, 0.6) is 0 Å². The highest BCUT2D eigenvalue weighted by Gasteiger charge is 2.38. The fraction of sp³-hybridized carbons (Fsp3) is 0.176. The number of carbonyl (C=O) groups excluding carboxylic acids is 1. The minimum absolute atomic E-state index is 0.145. The number of nitrogens with zero attached hydrogens (tertiary/aromatic N) is 3. The van der Waals surface area contributed by atoms with Gasteiger partial charge in [0.05, 0.1) is 0 Å². The summed E-state index contributed by atoms with van der Waals surface area (Å²) in [6.07, 6.45) is -3.10. The zero-order valence-electron chi connectivity index (χ0n) is 14.0. The van der Waals surface area contributed by atoms with Crippen molar-refractivity contribution in [1.82, 2.24) is 20.4 Å². The first-order valence-corrected chi connectivity index (χ1v) is 7.89. The predicted octanol–water partition coefficient (Wildman–Crippen LogP) is 3.96. The van der Waals surface area contributed by atoms with Crippen molar-refractivity contribution in [3.63, 3.8) is 0 Å². The Morgan fingerprint density at radius 3 is 2.30 bits per heavy atom. The van der Waals surface area contributed by atoms with Crippen molar-refractivity contribution in [2.24, 2.45) is 0 Å². The quantitative estimate of drug-likeness (QED) is 0.718. The molecule has 2 aromatic heterocycles. The molecule has 0 unspecified atom stereocenters. The summed E-state index contributed by atoms with van der Waals surface area (Å²) in [5.74, 6) is -1.14. The van der Waals surface area contributed by atoms with Gasteiger partial charge in [-0.05, 0) is 24.6 Å². The number of aromatic nitrogens is 3. The molecule has 0 spiro atoms. The van der Waals surface area contributed by atoms with E-state index in [0.717, 1.165) is 11.1 Å². The lowest BCUT2D eigenvalue weighted by molar-refractivity contribution is -0.159. The summed E-state index contributed by atoms with van der Waals surface area (Å²) in [5, 5.41) is 8.52. The third kappa shape index (κ3) is 4.40. The largest absolute Gasteiger partial charge is 0.471 e. The Bertz CT molecular complexity index is 921. The fourth-order valence-electron chi connectivity index (χ4n) is 2.23. The molecular weight excluding hydrogens is 363 g/mol. The average Bonchev–Trinajstić information content (AvgIpc) is 3.13. The molecule has 10 heteroatoms. The molecule has 7 nitrogen and oxygen atoms in total. The first-order chi connectivity index (χ1) is 12.9. The molecule has 0 atom stereocenters. The topological polar surface area (TPSA) is 92.9 Å². The number of carbonyl (C=O) groups is 1. The summed E-state index contributed by atoms with van der Waals surface area (Å²) in [5.41, 5.74) is 1.95. The van der Waals surface area contributed by atoms with Crippen molar-refractivity contribution in [1.29, 1.82) is 0 Å². The van der Waals surface area contributed by atoms with E-state index in [2.05, 4.69) is 30.3 Å². The van der Waals surface area contributed by atoms with Gasteiger partial charge in [0.1, 0.15) is 5.82 Å². The van der Waals surface area contributed by atoms with Gasteiger partial charge in [0.15, 0.2) is 0 Å². The van der Waals surface area contributed by atoms with Gasteiger partial charge in [-0.3, -0.25) is 5.32 Å². The van der Waals surface area contributed by atoms with Gasteiger partial charge in [0.2, 0.25) is 5.82 Å². The number of hydrogen-bond donors (Lipinski definition) is 2. The lowest BCUT2D eigenvalue weighted by Gasteiger charge is -2.06. The maximum absolute atomic E-state index is 12.5. The smallest absolute Gasteiger partial charge is 0.338 e. The molecule has 0 aliphatic carbocycles. The maximum Gasteiger partial charge on any atom is 0.471 e. The number of hydrogen-bond acceptors (Lipinski definition) is 5. The van der Waals surface area contributed by atoms with Crippen molar-refractivity contribution in [3.8, 4) is 22.5 Å². The third-order valence-electron chi connectivity index (χ3n) is 3.49. The lowest BCUT2D eigenvalue weighted by Crippen LogP contribution is -2.28. The first kappa shape index (κ1) is 18.4. The molecule has 1 aromatic carbocycles. The van der Waals surface area contributed by atoms with Gasteiger partial charge in [-0.15, -0.1) is 0 Å². The Balaban J connectivity index is 1.73. The van der Waals surface area contributed by atoms with Crippen LogP contribution in [-0.4, -0.2) is 27.7 Å². The van der Waals surface area contributed by atoms with Gasteiger partial charge in [0.25, 0.3) is 0 Å². The molecule has 0 saturated heterocycles. The molecule has 0 aliphatic rings. The second-order valence-electron chi connectivity index (χ2n) is 5.41. The van der Waals surface area contributed by atoms with Gasteiger partial charge >= 0.3 is 18.1 Å². The van der Waals surface area contributed by atoms with Gasteiger partial charge in [-0.2, -0.15) is 18.2 Å². The zero-order chi connectivity index (χ0) is 19.4. The minimum atomic E-state index is -4.68. The van der Waals surface area contributed by atoms with E-state index in [1.807, 2.05) is 0 Å². The van der Waals surface area contributed by atoms with E-state index in [1.54, 1.807) is 49.5 Å². The Hall–Kier alpha value is -3.43. The minimum Gasteiger partial charge on any atom is -0.338 e. The lowest BCUT2D eigenvalue weighted by atomic mass is 10.1. The number of pyridine rings is 1. The third-order valence-corrected chi connectivity index (χ3v) is 3.49. The Morgan fingerprint density at radius 1 is 1.07 bits per heavy atom. The molecule has 2 N–H and O–H groups in total. The zero-order valence-corrected chi connectivity index (χ0v) is 14.0. The van der Waals surface area contributed by atoms with E-state index in [4.69, 9.17) is 0 Å². The molecule has 0 bridgehead atoms. The summed E-state index contributed by atoms with van der Waals surface area (Å²) in [4.78, 5) is 18.9. The predicted molar refractivity (Wildman–Crippen MR) is 90.7 cm³/mol. The molecule has 3 aromatic rings. The van der Waals surface area contributed by atoms with Crippen LogP contribution in [0.25, 0.3) is 22.5 Å². The molecular formula is C17H14F3N5O2. The fourth-order valence-corrected chi connectivity index (χ4v) is 2.23. The monoisotopic (exact) mass is 377 g/mol. The van der Waals surface area contributed by atoms with E-state index in [9.17, 15) is 18.0 Å². The molecule has 2 heterocycles. The van der Waals surface area contributed by atoms with Crippen molar-refractivity contribution in [2.75, 3.05) is 11.9 Å². The van der Waals surface area contributed by atoms with E-state index in [0.29, 0.717) is 17.9 Å². The van der Waals surface area contributed by atoms with E-state index < -0.39 is 12.1 Å². The molecule has 0 radical (unpaired) electrons. The van der Waals surface area contributed by atoms with Crippen molar-refractivity contribution >= 4 is 11.8 Å². The van der Waals surface area contributed by atoms with Crippen LogP contribution in [0.4, 0.5) is 23.8 Å². The molecule has 0 aliphatic heterocycles. The van der Waals surface area contributed by atoms with Crippen molar-refractivity contribution < 1.29 is 22.5 Å². The van der Waals surface area contributed by atoms with Crippen molar-refractivity contribution in [2.45, 2.75) is 13.1 Å². The molecule has 0 saturated carbocycles. The normalized spacial score (nSPS) is 11.3. The summed E-state index contributed by atoms with van der Waals surface area (Å²) in [7, 11) is 0. The van der Waals surface area contributed by atoms with Gasteiger partial charge in [-0.25, -0.2) is 9.78 Å². The number of rotatable bonds is 4. The first-order valence-electron chi connectivity index (χ1n) is 7.89. The van der Waals surface area contributed by atoms with Gasteiger partial charge < -0.3 is 9.84 Å². The highest BCUT2D eigenvalue weighted by Crippen LogP contribution is 2.30. The van der Waals surface area contributed by atoms with E-state index in [-0.39, 0.29) is 11.9 Å². The van der Waals surface area contributed by atoms with E-state index >= 15 is 0 Å². The second kappa shape index (κ2) is 7.44. The molecule has 27 heavy (non-hydrogen) atoms. The molecule has 2 amide bonds. The highest BCUT2D eigenvalue weighted by molar-refractivity contribution is 5.88. The number of halogens is 3. The number of amides is 2. The second-order valence-corrected chi connectivity index (χ2v) is 5.41. The molecule has 0 fully saturated rings. The van der Waals surface area contributed by atoms with Crippen LogP contribution < -0.4 is 10.6 Å². The summed E-state index contributed by atoms with van der Waals surface area (Å²) >= 11 is 0. The number of nitrogens with one attached hydrogen (secondary N) is 2. The average molecular weight is 377 g/mol. The van der Waals surface area contributed by atoms with Crippen LogP contribution in [0.3, 0.4) is 0 Å². The van der Waals surface area contributed by atoms with Crippen LogP contribution in [0.2, 0.25) is 0 Å². The summed E-state index contributed by atoms with van der Waals surface area (Å²) in [6, 6.07) is 9.63. The Kier molecular flexibility index (Phi) is 5.06. The molecule has 140 valence electrons. The number of urea groups is 1. The van der Waals surface area contributed by atoms with Gasteiger partial charge in [0, 0.05) is 23.9 Å². The summed E-state index contributed by atoms with van der Waals surface area (Å²) in [6.45, 7) is 2.30. The van der Waals surface area contributed by atoms with Crippen LogP contribution in [0.15, 0.2) is 47.1 Å². The highest BCUT2D eigenvalue weighted by atomic mass is 19.4. The van der Waals surface area contributed by atoms with Gasteiger partial charge in [-0.1, -0.05) is 29.4 Å². The number of benzene rings is 1. The van der Waals surface area contributed by atoms with Crippen LogP contribution >= 0.6 is 0 Å². The standard InChI is InChI=1S/C17H14F3N5O2/c1-2-21-16(26)23-13-8-7-12(9-22-13)10-3-5-11(6-4-10)14-24-15(27-25-14)17(18,19)20/h3-9H,2H2,1H3,(H2,21,22,23,26). The number of anilines is 1.